The van der Waals surface area contributed by atoms with Crippen molar-refractivity contribution in [2.45, 2.75) is 17.4 Å². The number of anilines is 1. The maximum absolute atomic E-state index is 12.8. The molecular weight excluding hydrogens is 386 g/mol. The zero-order chi connectivity index (χ0) is 19.7. The molecule has 0 spiro atoms. The van der Waals surface area contributed by atoms with Gasteiger partial charge in [-0.15, -0.1) is 0 Å². The van der Waals surface area contributed by atoms with E-state index < -0.39 is 15.9 Å². The van der Waals surface area contributed by atoms with Crippen molar-refractivity contribution in [1.82, 2.24) is 9.29 Å². The number of amides is 2. The molecule has 2 amide bonds. The van der Waals surface area contributed by atoms with Gasteiger partial charge in [0, 0.05) is 18.3 Å². The molecule has 2 aromatic rings. The number of rotatable bonds is 4. The van der Waals surface area contributed by atoms with Gasteiger partial charge >= 0.3 is 0 Å². The summed E-state index contributed by atoms with van der Waals surface area (Å²) in [6.07, 6.45) is 1.87. The predicted octanol–water partition coefficient (Wildman–Crippen LogP) is 0.826. The van der Waals surface area contributed by atoms with Gasteiger partial charge in [-0.1, -0.05) is 0 Å². The SMILES string of the molecule is O=C(NCC[C@H]1COCCO1)c1ccc2c(c1)NC(=O)c1cccn1S2(=O)=O. The van der Waals surface area contributed by atoms with Gasteiger partial charge in [0.2, 0.25) is 0 Å². The zero-order valence-corrected chi connectivity index (χ0v) is 15.7. The van der Waals surface area contributed by atoms with Gasteiger partial charge in [-0.3, -0.25) is 9.59 Å². The number of hydrogen-bond acceptors (Lipinski definition) is 6. The summed E-state index contributed by atoms with van der Waals surface area (Å²) in [5.74, 6) is -0.922. The molecule has 0 radical (unpaired) electrons. The van der Waals surface area contributed by atoms with Gasteiger partial charge in [0.15, 0.2) is 0 Å². The second-order valence-electron chi connectivity index (χ2n) is 6.47. The van der Waals surface area contributed by atoms with Gasteiger partial charge < -0.3 is 20.1 Å². The number of nitrogens with one attached hydrogen (secondary N) is 2. The van der Waals surface area contributed by atoms with Gasteiger partial charge in [-0.25, -0.2) is 12.4 Å². The molecule has 28 heavy (non-hydrogen) atoms. The topological polar surface area (TPSA) is 116 Å². The van der Waals surface area contributed by atoms with Crippen molar-refractivity contribution in [3.63, 3.8) is 0 Å². The Morgan fingerprint density at radius 1 is 1.29 bits per heavy atom. The van der Waals surface area contributed by atoms with Gasteiger partial charge in [0.25, 0.3) is 21.8 Å². The van der Waals surface area contributed by atoms with Crippen LogP contribution in [0.5, 0.6) is 0 Å². The lowest BCUT2D eigenvalue weighted by atomic mass is 10.1. The molecule has 1 atom stereocenters. The average Bonchev–Trinajstić information content (AvgIpc) is 3.17. The van der Waals surface area contributed by atoms with E-state index in [1.807, 2.05) is 0 Å². The predicted molar refractivity (Wildman–Crippen MR) is 98.9 cm³/mol. The lowest BCUT2D eigenvalue weighted by Crippen LogP contribution is -2.33. The second-order valence-corrected chi connectivity index (χ2v) is 8.25. The Morgan fingerprint density at radius 3 is 2.93 bits per heavy atom. The van der Waals surface area contributed by atoms with Crippen molar-refractivity contribution in [2.75, 3.05) is 31.7 Å². The van der Waals surface area contributed by atoms with Crippen LogP contribution in [0.1, 0.15) is 27.3 Å². The summed E-state index contributed by atoms with van der Waals surface area (Å²) in [5.41, 5.74) is 0.337. The van der Waals surface area contributed by atoms with Crippen LogP contribution in [0.2, 0.25) is 0 Å². The molecule has 3 heterocycles. The molecule has 0 unspecified atom stereocenters. The van der Waals surface area contributed by atoms with Crippen molar-refractivity contribution in [2.24, 2.45) is 0 Å². The monoisotopic (exact) mass is 405 g/mol. The fourth-order valence-corrected chi connectivity index (χ4v) is 4.66. The first-order valence-electron chi connectivity index (χ1n) is 8.83. The van der Waals surface area contributed by atoms with Crippen LogP contribution in [0.4, 0.5) is 5.69 Å². The van der Waals surface area contributed by atoms with Gasteiger partial charge in [-0.05, 0) is 36.8 Å². The zero-order valence-electron chi connectivity index (χ0n) is 14.9. The Morgan fingerprint density at radius 2 is 2.14 bits per heavy atom. The molecule has 2 aliphatic rings. The van der Waals surface area contributed by atoms with Crippen molar-refractivity contribution in [3.8, 4) is 0 Å². The van der Waals surface area contributed by atoms with Gasteiger partial charge in [0.05, 0.1) is 31.6 Å². The third-order valence-electron chi connectivity index (χ3n) is 4.61. The second kappa shape index (κ2) is 7.38. The summed E-state index contributed by atoms with van der Waals surface area (Å²) in [6.45, 7) is 2.01. The van der Waals surface area contributed by atoms with Crippen molar-refractivity contribution < 1.29 is 27.5 Å². The van der Waals surface area contributed by atoms with Crippen molar-refractivity contribution in [1.29, 1.82) is 0 Å². The summed E-state index contributed by atoms with van der Waals surface area (Å²) in [4.78, 5) is 24.7. The molecule has 0 aliphatic carbocycles. The number of aromatic nitrogens is 1. The van der Waals surface area contributed by atoms with Gasteiger partial charge in [-0.2, -0.15) is 0 Å². The van der Waals surface area contributed by atoms with E-state index in [2.05, 4.69) is 10.6 Å². The molecule has 148 valence electrons. The van der Waals surface area contributed by atoms with Crippen LogP contribution in [0.15, 0.2) is 41.4 Å². The lowest BCUT2D eigenvalue weighted by Gasteiger charge is -2.22. The number of carbonyl (C=O) groups excluding carboxylic acids is 2. The number of benzene rings is 1. The number of nitrogens with zero attached hydrogens (tertiary/aromatic N) is 1. The van der Waals surface area contributed by atoms with Crippen LogP contribution < -0.4 is 10.6 Å². The summed E-state index contributed by atoms with van der Waals surface area (Å²) < 4.78 is 37.4. The largest absolute Gasteiger partial charge is 0.376 e. The molecule has 0 bridgehead atoms. The van der Waals surface area contributed by atoms with Crippen LogP contribution in [0, 0.1) is 0 Å². The molecule has 4 rings (SSSR count). The Hall–Kier alpha value is -2.69. The van der Waals surface area contributed by atoms with E-state index >= 15 is 0 Å². The van der Waals surface area contributed by atoms with E-state index in [1.165, 1.54) is 36.5 Å². The minimum absolute atomic E-state index is 0.0110. The standard InChI is InChI=1S/C18H19N3O6S/c22-17(19-6-5-13-11-26-8-9-27-13)12-3-4-16-14(10-12)20-18(23)15-2-1-7-21(15)28(16,24)25/h1-4,7,10,13H,5-6,8-9,11H2,(H,19,22)(H,20,23)/t13-/m0/s1. The molecule has 0 saturated carbocycles. The third kappa shape index (κ3) is 3.41. The molecule has 1 aromatic heterocycles. The first-order valence-corrected chi connectivity index (χ1v) is 10.3. The van der Waals surface area contributed by atoms with Crippen LogP contribution in [0.3, 0.4) is 0 Å². The maximum Gasteiger partial charge on any atom is 0.273 e. The number of hydrogen-bond donors (Lipinski definition) is 2. The van der Waals surface area contributed by atoms with E-state index in [4.69, 9.17) is 9.47 Å². The van der Waals surface area contributed by atoms with Crippen molar-refractivity contribution in [3.05, 3.63) is 47.8 Å². The lowest BCUT2D eigenvalue weighted by molar-refractivity contribution is -0.0899. The number of ether oxygens (including phenoxy) is 2. The molecule has 10 heteroatoms. The fourth-order valence-electron chi connectivity index (χ4n) is 3.19. The summed E-state index contributed by atoms with van der Waals surface area (Å²) in [5, 5.41) is 5.34. The van der Waals surface area contributed by atoms with Crippen LogP contribution in [-0.4, -0.2) is 56.7 Å². The quantitative estimate of drug-likeness (QED) is 0.778. The highest BCUT2D eigenvalue weighted by Crippen LogP contribution is 2.29. The Balaban J connectivity index is 1.51. The van der Waals surface area contributed by atoms with Crippen molar-refractivity contribution >= 4 is 27.5 Å². The third-order valence-corrected chi connectivity index (χ3v) is 6.36. The highest BCUT2D eigenvalue weighted by Gasteiger charge is 2.30. The van der Waals surface area contributed by atoms with E-state index in [1.54, 1.807) is 0 Å². The molecule has 1 fully saturated rings. The van der Waals surface area contributed by atoms with E-state index in [9.17, 15) is 18.0 Å². The molecule has 2 aliphatic heterocycles. The summed E-state index contributed by atoms with van der Waals surface area (Å²) >= 11 is 0. The van der Waals surface area contributed by atoms with Crippen LogP contribution in [0.25, 0.3) is 0 Å². The Bertz CT molecular complexity index is 1020. The minimum Gasteiger partial charge on any atom is -0.376 e. The Labute approximate surface area is 161 Å². The minimum atomic E-state index is -3.93. The highest BCUT2D eigenvalue weighted by atomic mass is 32.2. The Kier molecular flexibility index (Phi) is 4.92. The molecule has 2 N–H and O–H groups in total. The van der Waals surface area contributed by atoms with Crippen LogP contribution in [-0.2, 0) is 19.5 Å². The molecule has 1 aromatic carbocycles. The van der Waals surface area contributed by atoms with E-state index in [-0.39, 0.29) is 33.9 Å². The summed E-state index contributed by atoms with van der Waals surface area (Å²) in [7, 11) is -3.93. The number of carbonyl (C=O) groups is 2. The smallest absolute Gasteiger partial charge is 0.273 e. The molecule has 9 nitrogen and oxygen atoms in total. The summed E-state index contributed by atoms with van der Waals surface area (Å²) in [6, 6.07) is 7.02. The van der Waals surface area contributed by atoms with Gasteiger partial charge in [0.1, 0.15) is 10.6 Å². The molecular formula is C18H19N3O6S. The molecule has 1 saturated heterocycles. The maximum atomic E-state index is 12.8. The van der Waals surface area contributed by atoms with E-state index in [0.29, 0.717) is 32.8 Å². The first-order chi connectivity index (χ1) is 13.5. The normalized spacial score (nSPS) is 20.4. The first kappa shape index (κ1) is 18.7. The fraction of sp³-hybridized carbons (Fsp3) is 0.333. The highest BCUT2D eigenvalue weighted by molar-refractivity contribution is 7.90. The van der Waals surface area contributed by atoms with Crippen LogP contribution >= 0.6 is 0 Å². The average molecular weight is 405 g/mol. The number of fused-ring (bicyclic) bond motifs is 2. The van der Waals surface area contributed by atoms with E-state index in [0.717, 1.165) is 3.97 Å².